The highest BCUT2D eigenvalue weighted by atomic mass is 16.3. The van der Waals surface area contributed by atoms with E-state index in [1.54, 1.807) is 13.8 Å². The first-order valence-electron chi connectivity index (χ1n) is 15.8. The minimum absolute atomic E-state index is 0.437. The monoisotopic (exact) mass is 641 g/mol. The molecule has 7 heteroatoms. The normalized spacial score (nSPS) is 26.8. The Hall–Kier alpha value is -4.04. The van der Waals surface area contributed by atoms with E-state index in [2.05, 4.69) is 5.18 Å². The second-order valence-corrected chi connectivity index (χ2v) is 13.5. The Morgan fingerprint density at radius 3 is 1.38 bits per heavy atom. The smallest absolute Gasteiger partial charge is 0.189 e. The van der Waals surface area contributed by atoms with Crippen LogP contribution in [-0.2, 0) is 9.59 Å². The Balaban J connectivity index is 2.00. The number of aliphatic hydroxyl groups is 3. The highest BCUT2D eigenvalue weighted by molar-refractivity contribution is 6.02. The molecule has 0 heterocycles. The van der Waals surface area contributed by atoms with Crippen LogP contribution in [0.5, 0.6) is 0 Å². The number of rotatable bonds is 11. The quantitative estimate of drug-likeness (QED) is 0.158. The predicted molar refractivity (Wildman–Crippen MR) is 191 cm³/mol. The third-order valence-electron chi connectivity index (χ3n) is 8.95. The van der Waals surface area contributed by atoms with Crippen LogP contribution in [-0.4, -0.2) is 51.2 Å². The highest BCUT2D eigenvalue weighted by Gasteiger charge is 2.47. The van der Waals surface area contributed by atoms with Crippen LogP contribution in [0.25, 0.3) is 0 Å². The van der Waals surface area contributed by atoms with E-state index < -0.39 is 46.8 Å². The Morgan fingerprint density at radius 2 is 0.957 bits per heavy atom. The second-order valence-electron chi connectivity index (χ2n) is 13.5. The van der Waals surface area contributed by atoms with Gasteiger partial charge in [0.25, 0.3) is 0 Å². The second kappa shape index (κ2) is 16.7. The lowest BCUT2D eigenvalue weighted by molar-refractivity contribution is -0.135. The lowest BCUT2D eigenvalue weighted by Gasteiger charge is -2.39. The van der Waals surface area contributed by atoms with Gasteiger partial charge in [0.05, 0.1) is 6.10 Å². The van der Waals surface area contributed by atoms with Gasteiger partial charge in [-0.25, -0.2) is 0 Å². The summed E-state index contributed by atoms with van der Waals surface area (Å²) in [6, 6.07) is -1.03. The molecular weight excluding hydrogens is 590 g/mol. The van der Waals surface area contributed by atoms with Crippen molar-refractivity contribution in [2.75, 3.05) is 0 Å². The maximum absolute atomic E-state index is 12.4. The highest BCUT2D eigenvalue weighted by Crippen LogP contribution is 2.42. The molecule has 2 aliphatic rings. The zero-order valence-electron chi connectivity index (χ0n) is 29.4. The Labute approximate surface area is 280 Å². The van der Waals surface area contributed by atoms with Gasteiger partial charge in [0, 0.05) is 10.8 Å². The van der Waals surface area contributed by atoms with Crippen LogP contribution in [0.15, 0.2) is 135 Å². The number of ketones is 2. The zero-order chi connectivity index (χ0) is 35.7. The molecule has 0 amide bonds. The minimum Gasteiger partial charge on any atom is -0.389 e. The van der Waals surface area contributed by atoms with Gasteiger partial charge in [-0.05, 0) is 63.8 Å². The average molecular weight is 642 g/mol. The molecule has 2 rings (SSSR count). The molecular formula is C40H51NO6. The van der Waals surface area contributed by atoms with Crippen LogP contribution in [0.1, 0.15) is 69.2 Å². The molecule has 3 N–H and O–H groups in total. The summed E-state index contributed by atoms with van der Waals surface area (Å²) in [5, 5.41) is 33.7. The topological polar surface area (TPSA) is 124 Å². The Kier molecular flexibility index (Phi) is 13.9. The summed E-state index contributed by atoms with van der Waals surface area (Å²) in [6.07, 6.45) is 23.3. The standard InChI is InChI=1S/C40H51NO6/c1-25(17-13-19-27(3)21-23-31-29(5)33(42)35(44)37(41-47)39(31,7)8)15-11-12-16-26(2)18-14-20-28(4)22-24-32-30(6)34(43)36(45)38(46)40(32,9)10/h11-24,35-38,44-46H,1-10H3/b12-11+,17-13+,18-14+,23-21+,24-22+,25-15+,26-16+,27-19+,28-20+/t35-,36-,37?,38?/m1/s1. The molecule has 0 aromatic heterocycles. The van der Waals surface area contributed by atoms with Crippen LogP contribution in [0.3, 0.4) is 0 Å². The largest absolute Gasteiger partial charge is 0.389 e. The van der Waals surface area contributed by atoms with Gasteiger partial charge in [0.15, 0.2) is 11.6 Å². The molecule has 0 spiro atoms. The minimum atomic E-state index is -1.41. The van der Waals surface area contributed by atoms with Crippen molar-refractivity contribution < 1.29 is 24.9 Å². The van der Waals surface area contributed by atoms with E-state index >= 15 is 0 Å². The first-order valence-corrected chi connectivity index (χ1v) is 15.8. The van der Waals surface area contributed by atoms with Crippen molar-refractivity contribution in [3.8, 4) is 0 Å². The third-order valence-corrected chi connectivity index (χ3v) is 8.95. The number of carbonyl (C=O) groups is 2. The number of aliphatic hydroxyl groups excluding tert-OH is 3. The van der Waals surface area contributed by atoms with E-state index in [0.717, 1.165) is 27.9 Å². The van der Waals surface area contributed by atoms with Gasteiger partial charge in [-0.1, -0.05) is 140 Å². The van der Waals surface area contributed by atoms with Crippen molar-refractivity contribution in [1.82, 2.24) is 0 Å². The first-order chi connectivity index (χ1) is 21.9. The molecule has 2 aliphatic carbocycles. The number of nitrogens with zero attached hydrogens (tertiary/aromatic N) is 1. The molecule has 47 heavy (non-hydrogen) atoms. The van der Waals surface area contributed by atoms with Crippen LogP contribution >= 0.6 is 0 Å². The summed E-state index contributed by atoms with van der Waals surface area (Å²) in [6.45, 7) is 18.5. The Bertz CT molecular complexity index is 1580. The van der Waals surface area contributed by atoms with Gasteiger partial charge < -0.3 is 15.3 Å². The Morgan fingerprint density at radius 1 is 0.596 bits per heavy atom. The van der Waals surface area contributed by atoms with Crippen molar-refractivity contribution in [1.29, 1.82) is 0 Å². The zero-order valence-corrected chi connectivity index (χ0v) is 29.4. The summed E-state index contributed by atoms with van der Waals surface area (Å²) < 4.78 is 0. The summed E-state index contributed by atoms with van der Waals surface area (Å²) in [7, 11) is 0. The number of nitroso groups, excluding NO2 is 1. The van der Waals surface area contributed by atoms with E-state index in [4.69, 9.17) is 0 Å². The van der Waals surface area contributed by atoms with Gasteiger partial charge in [-0.15, -0.1) is 0 Å². The first kappa shape index (κ1) is 39.1. The van der Waals surface area contributed by atoms with E-state index in [-0.39, 0.29) is 0 Å². The van der Waals surface area contributed by atoms with Gasteiger partial charge in [-0.3, -0.25) is 9.59 Å². The summed E-state index contributed by atoms with van der Waals surface area (Å²) in [5.41, 5.74) is 4.89. The van der Waals surface area contributed by atoms with E-state index in [1.807, 2.05) is 140 Å². The molecule has 0 fully saturated rings. The van der Waals surface area contributed by atoms with Gasteiger partial charge in [0.1, 0.15) is 18.2 Å². The summed E-state index contributed by atoms with van der Waals surface area (Å²) >= 11 is 0. The maximum atomic E-state index is 12.4. The van der Waals surface area contributed by atoms with Crippen molar-refractivity contribution >= 4 is 11.6 Å². The van der Waals surface area contributed by atoms with Gasteiger partial charge in [0.2, 0.25) is 0 Å². The predicted octanol–water partition coefficient (Wildman–Crippen LogP) is 7.62. The fourth-order valence-electron chi connectivity index (χ4n) is 5.71. The van der Waals surface area contributed by atoms with Crippen molar-refractivity contribution in [2.24, 2.45) is 16.0 Å². The third kappa shape index (κ3) is 9.74. The van der Waals surface area contributed by atoms with Gasteiger partial charge >= 0.3 is 0 Å². The summed E-state index contributed by atoms with van der Waals surface area (Å²) in [5.74, 6) is -0.897. The molecule has 0 aromatic carbocycles. The van der Waals surface area contributed by atoms with E-state index in [0.29, 0.717) is 16.7 Å². The average Bonchev–Trinajstić information content (AvgIpc) is 3.00. The van der Waals surface area contributed by atoms with Crippen LogP contribution in [0.2, 0.25) is 0 Å². The molecule has 0 aromatic rings. The fourth-order valence-corrected chi connectivity index (χ4v) is 5.71. The number of carbonyl (C=O) groups excluding carboxylic acids is 2. The molecule has 252 valence electrons. The van der Waals surface area contributed by atoms with Crippen LogP contribution in [0.4, 0.5) is 0 Å². The molecule has 0 saturated carbocycles. The number of hydrogen-bond acceptors (Lipinski definition) is 7. The SMILES string of the molecule is CC1=C(/C=C/C(C)=C/C=C/C(C)=C/C=C/C=C(C)/C=C/C=C(C)/C=C/C2=C(C)C(=O)[C@@H](O)C(N=O)C2(C)C)C(C)(C)C(O)[C@H](O)C1=O. The fraction of sp³-hybridized carbons (Fsp3) is 0.400. The molecule has 7 nitrogen and oxygen atoms in total. The maximum Gasteiger partial charge on any atom is 0.189 e. The van der Waals surface area contributed by atoms with Crippen molar-refractivity contribution in [3.05, 3.63) is 135 Å². The number of hydrogen-bond donors (Lipinski definition) is 3. The number of Topliss-reactive ketones (excluding diaryl/α,β-unsaturated/α-hetero) is 2. The van der Waals surface area contributed by atoms with Crippen molar-refractivity contribution in [3.63, 3.8) is 0 Å². The van der Waals surface area contributed by atoms with Crippen molar-refractivity contribution in [2.45, 2.75) is 93.6 Å². The molecule has 0 saturated heterocycles. The van der Waals surface area contributed by atoms with Crippen LogP contribution in [0, 0.1) is 15.7 Å². The molecule has 0 bridgehead atoms. The molecule has 0 aliphatic heterocycles. The molecule has 0 radical (unpaired) electrons. The van der Waals surface area contributed by atoms with Gasteiger partial charge in [-0.2, -0.15) is 4.91 Å². The van der Waals surface area contributed by atoms with Crippen LogP contribution < -0.4 is 0 Å². The van der Waals surface area contributed by atoms with E-state index in [1.165, 1.54) is 0 Å². The lowest BCUT2D eigenvalue weighted by Crippen LogP contribution is -2.49. The molecule has 2 unspecified atom stereocenters. The summed E-state index contributed by atoms with van der Waals surface area (Å²) in [4.78, 5) is 36.1. The lowest BCUT2D eigenvalue weighted by atomic mass is 9.67. The molecule has 4 atom stereocenters. The number of allylic oxidation sites excluding steroid dienone is 18. The van der Waals surface area contributed by atoms with E-state index in [9.17, 15) is 29.8 Å².